The van der Waals surface area contributed by atoms with Gasteiger partial charge in [0, 0.05) is 12.5 Å². The molecule has 1 aliphatic rings. The Morgan fingerprint density at radius 1 is 1.26 bits per heavy atom. The average Bonchev–Trinajstić information content (AvgIpc) is 2.81. The van der Waals surface area contributed by atoms with Crippen molar-refractivity contribution in [1.29, 1.82) is 0 Å². The Morgan fingerprint density at radius 3 is 2.13 bits per heavy atom. The third kappa shape index (κ3) is 5.58. The van der Waals surface area contributed by atoms with E-state index in [1.165, 1.54) is 12.1 Å². The van der Waals surface area contributed by atoms with Crippen molar-refractivity contribution < 1.29 is 28.0 Å². The number of aliphatic hydroxyl groups is 1. The van der Waals surface area contributed by atoms with Gasteiger partial charge in [-0.3, -0.25) is 9.35 Å². The molecule has 0 unspecified atom stereocenters. The van der Waals surface area contributed by atoms with Crippen LogP contribution in [0.15, 0.2) is 29.2 Å². The van der Waals surface area contributed by atoms with Crippen LogP contribution < -0.4 is 5.32 Å². The summed E-state index contributed by atoms with van der Waals surface area (Å²) in [7, 11) is -4.02. The number of rotatable bonds is 3. The number of β-amino-alcohol motifs (C(OH)–C–C–N with tert-alkyl or cyclic N) is 1. The van der Waals surface area contributed by atoms with Gasteiger partial charge >= 0.3 is 5.97 Å². The molecule has 0 bridgehead atoms. The number of carboxylic acids is 1. The highest BCUT2D eigenvalue weighted by molar-refractivity contribution is 7.85. The smallest absolute Gasteiger partial charge is 0.321 e. The van der Waals surface area contributed by atoms with Gasteiger partial charge in [0.15, 0.2) is 0 Å². The van der Waals surface area contributed by atoms with Crippen LogP contribution in [0.5, 0.6) is 0 Å². The Bertz CT molecular complexity index is 626. The molecule has 0 radical (unpaired) electrons. The summed E-state index contributed by atoms with van der Waals surface area (Å²) in [6.45, 7) is 6.08. The summed E-state index contributed by atoms with van der Waals surface area (Å²) >= 11 is 0. The van der Waals surface area contributed by atoms with Crippen LogP contribution in [-0.2, 0) is 14.9 Å². The molecule has 3 atom stereocenters. The fraction of sp³-hybridized carbons (Fsp3) is 0.533. The van der Waals surface area contributed by atoms with Gasteiger partial charge in [-0.15, -0.1) is 0 Å². The molecule has 0 saturated carbocycles. The van der Waals surface area contributed by atoms with Crippen LogP contribution >= 0.6 is 0 Å². The lowest BCUT2D eigenvalue weighted by Crippen LogP contribution is -2.38. The van der Waals surface area contributed by atoms with Gasteiger partial charge in [-0.25, -0.2) is 0 Å². The fourth-order valence-corrected chi connectivity index (χ4v) is 3.01. The Kier molecular flexibility index (Phi) is 6.69. The molecule has 0 amide bonds. The number of aryl methyl sites for hydroxylation is 1. The van der Waals surface area contributed by atoms with Crippen molar-refractivity contribution in [2.75, 3.05) is 6.54 Å². The van der Waals surface area contributed by atoms with Crippen LogP contribution in [0.4, 0.5) is 0 Å². The van der Waals surface area contributed by atoms with Gasteiger partial charge < -0.3 is 15.5 Å². The minimum absolute atomic E-state index is 0.0666. The number of hydrogen-bond donors (Lipinski definition) is 4. The molecule has 0 aliphatic carbocycles. The largest absolute Gasteiger partial charge is 0.480 e. The lowest BCUT2D eigenvalue weighted by atomic mass is 9.87. The number of benzene rings is 1. The molecule has 0 aromatic heterocycles. The lowest BCUT2D eigenvalue weighted by Gasteiger charge is -2.21. The Labute approximate surface area is 136 Å². The van der Waals surface area contributed by atoms with E-state index in [1.807, 2.05) is 20.8 Å². The number of hydrogen-bond acceptors (Lipinski definition) is 5. The van der Waals surface area contributed by atoms with E-state index in [0.717, 1.165) is 5.56 Å². The van der Waals surface area contributed by atoms with E-state index in [2.05, 4.69) is 5.32 Å². The van der Waals surface area contributed by atoms with E-state index in [0.29, 0.717) is 6.54 Å². The second-order valence-electron chi connectivity index (χ2n) is 5.90. The van der Waals surface area contributed by atoms with E-state index < -0.39 is 28.2 Å². The van der Waals surface area contributed by atoms with Crippen LogP contribution in [0.25, 0.3) is 0 Å². The lowest BCUT2D eigenvalue weighted by molar-refractivity contribution is -0.141. The minimum Gasteiger partial charge on any atom is -0.480 e. The first-order valence-corrected chi connectivity index (χ1v) is 8.66. The van der Waals surface area contributed by atoms with E-state index in [-0.39, 0.29) is 16.7 Å². The normalized spacial score (nSPS) is 24.2. The minimum atomic E-state index is -4.02. The maximum absolute atomic E-state index is 10.7. The molecule has 130 valence electrons. The van der Waals surface area contributed by atoms with Crippen molar-refractivity contribution in [2.24, 2.45) is 11.8 Å². The number of nitrogens with one attached hydrogen (secondary N) is 1. The molecule has 1 aromatic rings. The van der Waals surface area contributed by atoms with Crippen molar-refractivity contribution in [3.8, 4) is 0 Å². The molecule has 4 N–H and O–H groups in total. The molecule has 1 aromatic carbocycles. The van der Waals surface area contributed by atoms with Crippen molar-refractivity contribution in [1.82, 2.24) is 5.32 Å². The van der Waals surface area contributed by atoms with Crippen molar-refractivity contribution in [3.05, 3.63) is 29.8 Å². The highest BCUT2D eigenvalue weighted by Crippen LogP contribution is 2.24. The van der Waals surface area contributed by atoms with Crippen LogP contribution in [0, 0.1) is 18.8 Å². The fourth-order valence-electron chi connectivity index (χ4n) is 2.53. The third-order valence-corrected chi connectivity index (χ3v) is 4.60. The number of aliphatic hydroxyl groups excluding tert-OH is 1. The van der Waals surface area contributed by atoms with E-state index in [4.69, 9.17) is 9.66 Å². The molecule has 8 heteroatoms. The first-order valence-electron chi connectivity index (χ1n) is 7.22. The summed E-state index contributed by atoms with van der Waals surface area (Å²) in [4.78, 5) is 10.6. The highest BCUT2D eigenvalue weighted by atomic mass is 32.2. The summed E-state index contributed by atoms with van der Waals surface area (Å²) in [5.41, 5.74) is 0.956. The van der Waals surface area contributed by atoms with Gasteiger partial charge in [0.05, 0.1) is 11.0 Å². The average molecular weight is 345 g/mol. The van der Waals surface area contributed by atoms with Crippen molar-refractivity contribution in [3.63, 3.8) is 0 Å². The van der Waals surface area contributed by atoms with Gasteiger partial charge in [0.2, 0.25) is 0 Å². The van der Waals surface area contributed by atoms with Crippen molar-refractivity contribution >= 4 is 16.1 Å². The standard InChI is InChI=1S/C8H15NO3.C7H8O3S/c1-4(2)6-5(10)3-9-7(6)8(11)12;1-6-2-4-7(5-3-6)11(8,9)10/h4-7,9-10H,3H2,1-2H3,(H,11,12);2-5H,1H3,(H,8,9,10)/t5-,6+,7-;/m0./s1. The monoisotopic (exact) mass is 345 g/mol. The highest BCUT2D eigenvalue weighted by Gasteiger charge is 2.40. The maximum atomic E-state index is 10.7. The molecule has 0 spiro atoms. The van der Waals surface area contributed by atoms with Gasteiger partial charge in [-0.2, -0.15) is 8.42 Å². The Hall–Kier alpha value is -1.48. The number of aliphatic carboxylic acids is 1. The zero-order valence-electron chi connectivity index (χ0n) is 13.3. The second-order valence-corrected chi connectivity index (χ2v) is 7.32. The zero-order chi connectivity index (χ0) is 17.8. The van der Waals surface area contributed by atoms with Gasteiger partial charge in [0.25, 0.3) is 10.1 Å². The van der Waals surface area contributed by atoms with Gasteiger partial charge in [-0.05, 0) is 25.0 Å². The summed E-state index contributed by atoms with van der Waals surface area (Å²) in [6, 6.07) is 5.40. The Balaban J connectivity index is 0.000000231. The first kappa shape index (κ1) is 19.6. The van der Waals surface area contributed by atoms with Gasteiger partial charge in [0.1, 0.15) is 6.04 Å². The first-order chi connectivity index (χ1) is 10.5. The zero-order valence-corrected chi connectivity index (χ0v) is 14.1. The molecule has 1 saturated heterocycles. The summed E-state index contributed by atoms with van der Waals surface area (Å²) in [5.74, 6) is -0.844. The Morgan fingerprint density at radius 2 is 1.78 bits per heavy atom. The quantitative estimate of drug-likeness (QED) is 0.600. The van der Waals surface area contributed by atoms with Crippen LogP contribution in [0.1, 0.15) is 19.4 Å². The molecule has 2 rings (SSSR count). The van der Waals surface area contributed by atoms with E-state index in [9.17, 15) is 18.3 Å². The van der Waals surface area contributed by atoms with Crippen molar-refractivity contribution in [2.45, 2.75) is 37.8 Å². The molecular weight excluding hydrogens is 322 g/mol. The van der Waals surface area contributed by atoms with E-state index in [1.54, 1.807) is 12.1 Å². The predicted molar refractivity (Wildman–Crippen MR) is 84.8 cm³/mol. The predicted octanol–water partition coefficient (Wildman–Crippen LogP) is 0.918. The molecule has 23 heavy (non-hydrogen) atoms. The molecular formula is C15H23NO6S. The van der Waals surface area contributed by atoms with Crippen LogP contribution in [-0.4, -0.2) is 47.8 Å². The number of carbonyl (C=O) groups is 1. The van der Waals surface area contributed by atoms with Crippen LogP contribution in [0.3, 0.4) is 0 Å². The van der Waals surface area contributed by atoms with Crippen LogP contribution in [0.2, 0.25) is 0 Å². The SMILES string of the molecule is CC(C)[C@H]1[C@@H](C(=O)O)NC[C@@H]1O.Cc1ccc(S(=O)(=O)O)cc1. The molecule has 1 heterocycles. The summed E-state index contributed by atoms with van der Waals surface area (Å²) in [6.07, 6.45) is -0.522. The molecule has 1 fully saturated rings. The summed E-state index contributed by atoms with van der Waals surface area (Å²) in [5, 5.41) is 21.0. The molecule has 7 nitrogen and oxygen atoms in total. The van der Waals surface area contributed by atoms with E-state index >= 15 is 0 Å². The summed E-state index contributed by atoms with van der Waals surface area (Å²) < 4.78 is 29.6. The second kappa shape index (κ2) is 7.87. The van der Waals surface area contributed by atoms with Gasteiger partial charge in [-0.1, -0.05) is 31.5 Å². The maximum Gasteiger partial charge on any atom is 0.321 e. The third-order valence-electron chi connectivity index (χ3n) is 3.73. The number of carboxylic acid groups (broad SMARTS) is 1. The topological polar surface area (TPSA) is 124 Å². The molecule has 1 aliphatic heterocycles.